The van der Waals surface area contributed by atoms with Gasteiger partial charge in [-0.1, -0.05) is 72.6 Å². The van der Waals surface area contributed by atoms with Crippen molar-refractivity contribution in [2.45, 2.75) is 103 Å². The zero-order valence-electron chi connectivity index (χ0n) is 43.8. The zero-order valence-corrected chi connectivity index (χ0v) is 47.0. The summed E-state index contributed by atoms with van der Waals surface area (Å²) in [6.07, 6.45) is 8.66. The molecule has 20 heteroatoms. The molecule has 3 N–H and O–H groups in total. The van der Waals surface area contributed by atoms with Crippen molar-refractivity contribution in [2.24, 2.45) is 11.3 Å². The van der Waals surface area contributed by atoms with Gasteiger partial charge >= 0.3 is 11.5 Å². The number of piperidine rings is 3. The first-order chi connectivity index (χ1) is 37.3. The molecule has 3 aliphatic rings. The molecule has 8 rings (SSSR count). The maximum absolute atomic E-state index is 14.4. The van der Waals surface area contributed by atoms with Gasteiger partial charge in [0.15, 0.2) is 0 Å². The third-order valence-corrected chi connectivity index (χ3v) is 20.0. The lowest BCUT2D eigenvalue weighted by Gasteiger charge is -2.47. The second-order valence-corrected chi connectivity index (χ2v) is 25.9. The van der Waals surface area contributed by atoms with E-state index in [0.717, 1.165) is 117 Å². The van der Waals surface area contributed by atoms with Crippen LogP contribution in [0.1, 0.15) is 92.7 Å². The number of anilines is 2. The largest absolute Gasteiger partial charge is 0.501 e. The van der Waals surface area contributed by atoms with E-state index in [1.54, 1.807) is 12.1 Å². The monoisotopic (exact) mass is 1150 g/mol. The van der Waals surface area contributed by atoms with Crippen molar-refractivity contribution in [3.05, 3.63) is 137 Å². The number of aliphatic hydroxyl groups excluding tert-OH is 1. The fraction of sp³-hybridized carbons (Fsp3) is 0.448. The summed E-state index contributed by atoms with van der Waals surface area (Å²) in [4.78, 5) is 30.7. The predicted octanol–water partition coefficient (Wildman–Crippen LogP) is 11.2. The number of nitrogens with one attached hydrogen (secondary N) is 2. The summed E-state index contributed by atoms with van der Waals surface area (Å²) in [7, 11) is -9.59. The van der Waals surface area contributed by atoms with Crippen LogP contribution >= 0.6 is 23.4 Å². The van der Waals surface area contributed by atoms with Crippen molar-refractivity contribution < 1.29 is 49.4 Å². The Bertz CT molecular complexity index is 3020. The van der Waals surface area contributed by atoms with Gasteiger partial charge in [-0.2, -0.15) is 13.2 Å². The van der Waals surface area contributed by atoms with Crippen LogP contribution in [0.2, 0.25) is 5.02 Å². The van der Waals surface area contributed by atoms with E-state index in [-0.39, 0.29) is 22.9 Å². The molecule has 1 amide bonds. The van der Waals surface area contributed by atoms with E-state index in [2.05, 4.69) is 20.0 Å². The first-order valence-electron chi connectivity index (χ1n) is 26.7. The average molecular weight is 1150 g/mol. The summed E-state index contributed by atoms with van der Waals surface area (Å²) in [6, 6.07) is 32.8. The lowest BCUT2D eigenvalue weighted by Crippen LogP contribution is -2.47. The Balaban J connectivity index is 0.888. The number of esters is 1. The molecule has 2 unspecified atom stereocenters. The van der Waals surface area contributed by atoms with Crippen LogP contribution in [0.25, 0.3) is 11.1 Å². The van der Waals surface area contributed by atoms with Crippen LogP contribution in [0.3, 0.4) is 0 Å². The minimum atomic E-state index is -6.10. The SMILES string of the molecule is COC(=O)CCCCCN1CCC2(CC1)CCN(CCC(CSc1ccccc1)Nc1ccc(S(=O)(=O)NC(=O)c3ccc(N4CCC(C(O)c5ccccc5-c5ccc(Cl)cc5)CC4)cc3)cc1S(=O)(=O)C(F)(F)F)CC2. The first kappa shape index (κ1) is 59.0. The van der Waals surface area contributed by atoms with E-state index < -0.39 is 58.9 Å². The van der Waals surface area contributed by atoms with Crippen molar-refractivity contribution >= 4 is 66.5 Å². The van der Waals surface area contributed by atoms with E-state index in [0.29, 0.717) is 62.2 Å². The molecule has 0 aliphatic carbocycles. The normalized spacial score (nSPS) is 17.6. The van der Waals surface area contributed by atoms with E-state index in [9.17, 15) is 44.7 Å². The van der Waals surface area contributed by atoms with Crippen molar-refractivity contribution in [1.29, 1.82) is 0 Å². The highest BCUT2D eigenvalue weighted by molar-refractivity contribution is 7.99. The van der Waals surface area contributed by atoms with Gasteiger partial charge in [-0.25, -0.2) is 21.6 Å². The molecule has 0 bridgehead atoms. The number of sulfonamides is 1. The summed E-state index contributed by atoms with van der Waals surface area (Å²) in [6.45, 7) is 6.60. The van der Waals surface area contributed by atoms with Gasteiger partial charge in [-0.05, 0) is 185 Å². The zero-order chi connectivity index (χ0) is 55.5. The molecule has 78 heavy (non-hydrogen) atoms. The van der Waals surface area contributed by atoms with Crippen LogP contribution in [0.5, 0.6) is 0 Å². The summed E-state index contributed by atoms with van der Waals surface area (Å²) >= 11 is 7.59. The second-order valence-electron chi connectivity index (χ2n) is 20.8. The van der Waals surface area contributed by atoms with Gasteiger partial charge in [0.2, 0.25) is 0 Å². The molecule has 13 nitrogen and oxygen atoms in total. The molecule has 1 spiro atoms. The highest BCUT2D eigenvalue weighted by Gasteiger charge is 2.49. The fourth-order valence-corrected chi connectivity index (χ4v) is 14.1. The Morgan fingerprint density at radius 2 is 1.41 bits per heavy atom. The second kappa shape index (κ2) is 26.4. The molecule has 0 saturated carbocycles. The molecule has 5 aromatic carbocycles. The molecule has 420 valence electrons. The van der Waals surface area contributed by atoms with Crippen molar-refractivity contribution in [2.75, 3.05) is 75.4 Å². The number of hydrogen-bond donors (Lipinski definition) is 3. The fourth-order valence-electron chi connectivity index (χ4n) is 10.9. The third-order valence-electron chi connectivity index (χ3n) is 15.8. The van der Waals surface area contributed by atoms with Gasteiger partial charge in [0.25, 0.3) is 25.8 Å². The Kier molecular flexibility index (Phi) is 20.0. The Hall–Kier alpha value is -5.15. The predicted molar refractivity (Wildman–Crippen MR) is 301 cm³/mol. The molecule has 3 fully saturated rings. The van der Waals surface area contributed by atoms with Crippen LogP contribution in [-0.2, 0) is 29.4 Å². The number of benzene rings is 5. The first-order valence-corrected chi connectivity index (χ1v) is 31.0. The van der Waals surface area contributed by atoms with Gasteiger partial charge in [-0.15, -0.1) is 11.8 Å². The van der Waals surface area contributed by atoms with Crippen LogP contribution in [0.15, 0.2) is 136 Å². The van der Waals surface area contributed by atoms with E-state index in [1.165, 1.54) is 31.0 Å². The number of nitrogens with zero attached hydrogens (tertiary/aromatic N) is 3. The number of alkyl halides is 3. The number of amides is 1. The standard InChI is InChI=1S/C58H69ClF3N5O8S3/c1-75-54(68)14-6-3-9-32-65-36-28-57(29-37-65)30-38-66(39-31-57)33-27-46(41-76-48-10-4-2-5-11-48)63-52-24-23-49(40-53(52)77(71,72)58(60,61)62)78(73,74)64-56(70)44-17-21-47(22-18-44)67-34-25-43(26-35-67)55(69)51-13-8-7-12-50(51)42-15-19-45(59)20-16-42/h2,4-5,7-8,10-13,15-24,40,43,46,55,63,69H,3,6,9,14,25-39,41H2,1H3,(H,64,70). The van der Waals surface area contributed by atoms with Gasteiger partial charge in [0.1, 0.15) is 4.90 Å². The highest BCUT2D eigenvalue weighted by Crippen LogP contribution is 2.42. The molecule has 3 heterocycles. The minimum absolute atomic E-state index is 0.0237. The molecular formula is C58H69ClF3N5O8S3. The van der Waals surface area contributed by atoms with E-state index in [1.807, 2.05) is 83.6 Å². The molecule has 5 aromatic rings. The molecule has 3 saturated heterocycles. The van der Waals surface area contributed by atoms with Gasteiger partial charge in [0.05, 0.1) is 23.8 Å². The van der Waals surface area contributed by atoms with Crippen LogP contribution in [0, 0.1) is 11.3 Å². The van der Waals surface area contributed by atoms with Crippen molar-refractivity contribution in [3.8, 4) is 11.1 Å². The molecular weight excluding hydrogens is 1080 g/mol. The molecule has 0 aromatic heterocycles. The number of halogens is 4. The number of thioether (sulfide) groups is 1. The number of hydrogen-bond acceptors (Lipinski definition) is 13. The van der Waals surface area contributed by atoms with E-state index in [4.69, 9.17) is 16.3 Å². The number of ether oxygens (including phenoxy) is 1. The quantitative estimate of drug-likeness (QED) is 0.0341. The topological polar surface area (TPSA) is 166 Å². The summed E-state index contributed by atoms with van der Waals surface area (Å²) in [5.41, 5.74) is -2.48. The lowest BCUT2D eigenvalue weighted by molar-refractivity contribution is -0.140. The summed E-state index contributed by atoms with van der Waals surface area (Å²) in [5.74, 6) is -0.892. The molecule has 3 aliphatic heterocycles. The number of carbonyl (C=O) groups is 2. The van der Waals surface area contributed by atoms with Crippen LogP contribution < -0.4 is 14.9 Å². The third kappa shape index (κ3) is 15.2. The number of aliphatic hydroxyl groups is 1. The number of unbranched alkanes of at least 4 members (excludes halogenated alkanes) is 2. The number of carbonyl (C=O) groups excluding carboxylic acids is 2. The Morgan fingerprint density at radius 1 is 0.782 bits per heavy atom. The van der Waals surface area contributed by atoms with Crippen LogP contribution in [-0.4, -0.2) is 120 Å². The van der Waals surface area contributed by atoms with Gasteiger partial charge in [-0.3, -0.25) is 9.59 Å². The Morgan fingerprint density at radius 3 is 2.05 bits per heavy atom. The summed E-state index contributed by atoms with van der Waals surface area (Å²) < 4.78 is 104. The minimum Gasteiger partial charge on any atom is -0.469 e. The highest BCUT2D eigenvalue weighted by atomic mass is 35.5. The number of rotatable bonds is 22. The maximum Gasteiger partial charge on any atom is 0.501 e. The van der Waals surface area contributed by atoms with Gasteiger partial charge < -0.3 is 29.9 Å². The maximum atomic E-state index is 14.4. The van der Waals surface area contributed by atoms with Crippen molar-refractivity contribution in [1.82, 2.24) is 14.5 Å². The van der Waals surface area contributed by atoms with Crippen molar-refractivity contribution in [3.63, 3.8) is 0 Å². The van der Waals surface area contributed by atoms with Crippen LogP contribution in [0.4, 0.5) is 24.5 Å². The molecule has 0 radical (unpaired) electrons. The smallest absolute Gasteiger partial charge is 0.469 e. The number of sulfone groups is 1. The summed E-state index contributed by atoms with van der Waals surface area (Å²) in [5, 5.41) is 15.3. The average Bonchev–Trinajstić information content (AvgIpc) is 3.51. The Labute approximate surface area is 466 Å². The van der Waals surface area contributed by atoms with E-state index >= 15 is 0 Å². The number of likely N-dealkylation sites (tertiary alicyclic amines) is 2. The van der Waals surface area contributed by atoms with Gasteiger partial charge in [0, 0.05) is 59.0 Å². The lowest BCUT2D eigenvalue weighted by atomic mass is 9.71. The number of methoxy groups -OCH3 is 1. The molecule has 2 atom stereocenters.